The van der Waals surface area contributed by atoms with Crippen LogP contribution in [-0.4, -0.2) is 57.7 Å². The molecule has 0 radical (unpaired) electrons. The molecular formula is C20H22N4O4. The maximum atomic E-state index is 12.8. The number of benzene rings is 1. The van der Waals surface area contributed by atoms with Crippen molar-refractivity contribution < 1.29 is 14.5 Å². The number of hydrogen-bond acceptors (Lipinski definition) is 5. The molecule has 28 heavy (non-hydrogen) atoms. The van der Waals surface area contributed by atoms with E-state index in [1.54, 1.807) is 16.7 Å². The zero-order valence-corrected chi connectivity index (χ0v) is 15.9. The van der Waals surface area contributed by atoms with Gasteiger partial charge in [-0.25, -0.2) is 0 Å². The van der Waals surface area contributed by atoms with Gasteiger partial charge in [-0.2, -0.15) is 0 Å². The van der Waals surface area contributed by atoms with E-state index < -0.39 is 4.92 Å². The third kappa shape index (κ3) is 4.00. The van der Waals surface area contributed by atoms with Gasteiger partial charge in [0.1, 0.15) is 6.20 Å². The average molecular weight is 382 g/mol. The minimum absolute atomic E-state index is 0.0528. The summed E-state index contributed by atoms with van der Waals surface area (Å²) in [6.45, 7) is 5.30. The molecule has 1 aliphatic rings. The van der Waals surface area contributed by atoms with Crippen molar-refractivity contribution in [3.05, 3.63) is 69.0 Å². The predicted octanol–water partition coefficient (Wildman–Crippen LogP) is 2.46. The first-order valence-electron chi connectivity index (χ1n) is 9.19. The number of amides is 2. The van der Waals surface area contributed by atoms with Gasteiger partial charge in [-0.05, 0) is 31.0 Å². The van der Waals surface area contributed by atoms with Gasteiger partial charge in [-0.1, -0.05) is 19.1 Å². The van der Waals surface area contributed by atoms with Crippen LogP contribution in [0.3, 0.4) is 0 Å². The quantitative estimate of drug-likeness (QED) is 0.598. The second-order valence-corrected chi connectivity index (χ2v) is 6.72. The second-order valence-electron chi connectivity index (χ2n) is 6.72. The van der Waals surface area contributed by atoms with Crippen LogP contribution in [0, 0.1) is 17.0 Å². The van der Waals surface area contributed by atoms with Crippen LogP contribution in [0.5, 0.6) is 0 Å². The van der Waals surface area contributed by atoms with Gasteiger partial charge in [-0.3, -0.25) is 24.7 Å². The van der Waals surface area contributed by atoms with Crippen molar-refractivity contribution in [2.24, 2.45) is 0 Å². The molecule has 2 aromatic rings. The minimum atomic E-state index is -0.566. The van der Waals surface area contributed by atoms with Crippen LogP contribution in [0.4, 0.5) is 5.69 Å². The molecule has 0 atom stereocenters. The highest BCUT2D eigenvalue weighted by molar-refractivity contribution is 5.97. The van der Waals surface area contributed by atoms with Gasteiger partial charge in [-0.15, -0.1) is 0 Å². The van der Waals surface area contributed by atoms with Crippen molar-refractivity contribution in [3.63, 3.8) is 0 Å². The van der Waals surface area contributed by atoms with E-state index in [0.717, 1.165) is 12.6 Å². The van der Waals surface area contributed by atoms with E-state index in [4.69, 9.17) is 0 Å². The molecule has 0 saturated carbocycles. The number of carbonyl (C=O) groups is 2. The van der Waals surface area contributed by atoms with Gasteiger partial charge < -0.3 is 9.80 Å². The summed E-state index contributed by atoms with van der Waals surface area (Å²) in [5, 5.41) is 11.0. The highest BCUT2D eigenvalue weighted by atomic mass is 16.6. The number of piperazine rings is 1. The number of hydrogen-bond donors (Lipinski definition) is 0. The Morgan fingerprint density at radius 2 is 1.64 bits per heavy atom. The number of nitrogens with zero attached hydrogens (tertiary/aromatic N) is 4. The zero-order chi connectivity index (χ0) is 20.3. The molecule has 2 heterocycles. The molecule has 1 aromatic carbocycles. The fourth-order valence-electron chi connectivity index (χ4n) is 3.19. The fourth-order valence-corrected chi connectivity index (χ4v) is 3.19. The second kappa shape index (κ2) is 8.16. The topological polar surface area (TPSA) is 96.7 Å². The molecule has 0 N–H and O–H groups in total. The lowest BCUT2D eigenvalue weighted by molar-refractivity contribution is -0.385. The Morgan fingerprint density at radius 3 is 2.18 bits per heavy atom. The van der Waals surface area contributed by atoms with Crippen LogP contribution in [0.2, 0.25) is 0 Å². The molecule has 1 aliphatic heterocycles. The van der Waals surface area contributed by atoms with Gasteiger partial charge in [0, 0.05) is 37.8 Å². The van der Waals surface area contributed by atoms with Crippen molar-refractivity contribution in [2.75, 3.05) is 26.2 Å². The monoisotopic (exact) mass is 382 g/mol. The normalized spacial score (nSPS) is 14.1. The summed E-state index contributed by atoms with van der Waals surface area (Å²) >= 11 is 0. The number of pyridine rings is 1. The van der Waals surface area contributed by atoms with Crippen LogP contribution >= 0.6 is 0 Å². The fraction of sp³-hybridized carbons (Fsp3) is 0.350. The number of carbonyl (C=O) groups excluding carboxylic acids is 2. The highest BCUT2D eigenvalue weighted by Gasteiger charge is 2.27. The smallest absolute Gasteiger partial charge is 0.288 e. The summed E-state index contributed by atoms with van der Waals surface area (Å²) < 4.78 is 0. The van der Waals surface area contributed by atoms with Crippen LogP contribution in [0.25, 0.3) is 0 Å². The molecule has 1 aromatic heterocycles. The number of rotatable bonds is 4. The van der Waals surface area contributed by atoms with Gasteiger partial charge in [0.25, 0.3) is 17.5 Å². The summed E-state index contributed by atoms with van der Waals surface area (Å²) in [7, 11) is 0. The Kier molecular flexibility index (Phi) is 5.67. The Hall–Kier alpha value is -3.29. The third-order valence-corrected chi connectivity index (χ3v) is 4.98. The van der Waals surface area contributed by atoms with E-state index in [-0.39, 0.29) is 23.1 Å². The van der Waals surface area contributed by atoms with E-state index in [1.165, 1.54) is 11.6 Å². The Labute approximate surface area is 162 Å². The summed E-state index contributed by atoms with van der Waals surface area (Å²) in [5.74, 6) is -0.351. The Balaban J connectivity index is 1.66. The van der Waals surface area contributed by atoms with Crippen molar-refractivity contribution in [1.29, 1.82) is 0 Å². The van der Waals surface area contributed by atoms with Gasteiger partial charge >= 0.3 is 0 Å². The molecule has 0 spiro atoms. The molecule has 0 bridgehead atoms. The number of nitro groups is 1. The maximum Gasteiger partial charge on any atom is 0.288 e. The lowest BCUT2D eigenvalue weighted by atomic mass is 10.1. The average Bonchev–Trinajstić information content (AvgIpc) is 2.73. The molecular weight excluding hydrogens is 360 g/mol. The molecule has 2 amide bonds. The Morgan fingerprint density at radius 1 is 1.07 bits per heavy atom. The molecule has 8 nitrogen and oxygen atoms in total. The molecule has 1 fully saturated rings. The molecule has 146 valence electrons. The van der Waals surface area contributed by atoms with Crippen LogP contribution in [0.1, 0.15) is 38.9 Å². The maximum absolute atomic E-state index is 12.8. The van der Waals surface area contributed by atoms with Crippen molar-refractivity contribution in [1.82, 2.24) is 14.8 Å². The first kappa shape index (κ1) is 19.5. The number of aromatic nitrogens is 1. The van der Waals surface area contributed by atoms with Crippen molar-refractivity contribution in [3.8, 4) is 0 Å². The summed E-state index contributed by atoms with van der Waals surface area (Å²) in [4.78, 5) is 43.1. The van der Waals surface area contributed by atoms with Crippen molar-refractivity contribution in [2.45, 2.75) is 20.3 Å². The molecule has 0 aliphatic carbocycles. The minimum Gasteiger partial charge on any atom is -0.335 e. The predicted molar refractivity (Wildman–Crippen MR) is 103 cm³/mol. The third-order valence-electron chi connectivity index (χ3n) is 4.98. The van der Waals surface area contributed by atoms with E-state index in [9.17, 15) is 19.7 Å². The van der Waals surface area contributed by atoms with Crippen molar-refractivity contribution >= 4 is 17.5 Å². The molecule has 3 rings (SSSR count). The van der Waals surface area contributed by atoms with Crippen LogP contribution in [-0.2, 0) is 6.42 Å². The lowest BCUT2D eigenvalue weighted by Gasteiger charge is -2.35. The largest absolute Gasteiger partial charge is 0.335 e. The summed E-state index contributed by atoms with van der Waals surface area (Å²) in [5.41, 5.74) is 2.27. The lowest BCUT2D eigenvalue weighted by Crippen LogP contribution is -2.50. The van der Waals surface area contributed by atoms with E-state index >= 15 is 0 Å². The van der Waals surface area contributed by atoms with Gasteiger partial charge in [0.2, 0.25) is 0 Å². The van der Waals surface area contributed by atoms with E-state index in [1.807, 2.05) is 24.3 Å². The molecule has 1 saturated heterocycles. The van der Waals surface area contributed by atoms with Crippen LogP contribution in [0.15, 0.2) is 36.5 Å². The first-order valence-corrected chi connectivity index (χ1v) is 9.19. The Bertz CT molecular complexity index is 903. The first-order chi connectivity index (χ1) is 13.4. The van der Waals surface area contributed by atoms with E-state index in [0.29, 0.717) is 37.4 Å². The summed E-state index contributed by atoms with van der Waals surface area (Å²) in [6, 6.07) is 8.82. The number of aryl methyl sites for hydroxylation is 2. The zero-order valence-electron chi connectivity index (χ0n) is 15.9. The van der Waals surface area contributed by atoms with E-state index in [2.05, 4.69) is 11.9 Å². The SMILES string of the molecule is CCc1ccc(C(=O)N2CCN(C(=O)c3cc([N+](=O)[O-])cnc3C)CC2)cc1. The highest BCUT2D eigenvalue weighted by Crippen LogP contribution is 2.18. The standard InChI is InChI=1S/C20H22N4O4/c1-3-15-4-6-16(7-5-15)19(25)22-8-10-23(11-9-22)20(26)18-12-17(24(27)28)13-21-14(18)2/h4-7,12-13H,3,8-11H2,1-2H3. The van der Waals surface area contributed by atoms with Gasteiger partial charge in [0.15, 0.2) is 0 Å². The molecule has 8 heteroatoms. The van der Waals surface area contributed by atoms with Gasteiger partial charge in [0.05, 0.1) is 16.2 Å². The molecule has 0 unspecified atom stereocenters. The summed E-state index contributed by atoms with van der Waals surface area (Å²) in [6.07, 6.45) is 2.06. The van der Waals surface area contributed by atoms with Crippen LogP contribution < -0.4 is 0 Å².